The standard InChI is InChI=1S/C15H20FNO/c1-15(8-10-3-2-4-10)9-13(17)12-6-5-11(16)7-14(12)18-15/h5-7,10,13H,2-4,8-9,17H2,1H3/t13-,15?/m0/s1. The molecule has 2 atom stereocenters. The molecule has 0 saturated heterocycles. The van der Waals surface area contributed by atoms with Crippen LogP contribution in [0.4, 0.5) is 4.39 Å². The molecule has 1 fully saturated rings. The summed E-state index contributed by atoms with van der Waals surface area (Å²) in [5.74, 6) is 1.14. The fourth-order valence-electron chi connectivity index (χ4n) is 3.22. The van der Waals surface area contributed by atoms with Crippen molar-refractivity contribution in [3.05, 3.63) is 29.6 Å². The van der Waals surface area contributed by atoms with Gasteiger partial charge < -0.3 is 10.5 Å². The van der Waals surface area contributed by atoms with Gasteiger partial charge in [0.15, 0.2) is 0 Å². The Labute approximate surface area is 107 Å². The Morgan fingerprint density at radius 1 is 1.44 bits per heavy atom. The van der Waals surface area contributed by atoms with E-state index < -0.39 is 0 Å². The van der Waals surface area contributed by atoms with E-state index in [9.17, 15) is 4.39 Å². The fraction of sp³-hybridized carbons (Fsp3) is 0.600. The Morgan fingerprint density at radius 3 is 2.89 bits per heavy atom. The highest BCUT2D eigenvalue weighted by molar-refractivity contribution is 5.39. The Balaban J connectivity index is 1.84. The van der Waals surface area contributed by atoms with Crippen molar-refractivity contribution >= 4 is 0 Å². The van der Waals surface area contributed by atoms with Crippen molar-refractivity contribution < 1.29 is 9.13 Å². The molecule has 3 rings (SSSR count). The van der Waals surface area contributed by atoms with Gasteiger partial charge in [-0.3, -0.25) is 0 Å². The van der Waals surface area contributed by atoms with Crippen LogP contribution in [0.1, 0.15) is 50.6 Å². The lowest BCUT2D eigenvalue weighted by Crippen LogP contribution is -2.42. The first-order valence-electron chi connectivity index (χ1n) is 6.80. The molecule has 0 spiro atoms. The molecule has 1 aliphatic heterocycles. The molecule has 98 valence electrons. The normalized spacial score (nSPS) is 31.4. The van der Waals surface area contributed by atoms with Crippen LogP contribution in [0.2, 0.25) is 0 Å². The predicted molar refractivity (Wildman–Crippen MR) is 68.9 cm³/mol. The highest BCUT2D eigenvalue weighted by Crippen LogP contribution is 2.44. The molecule has 2 N–H and O–H groups in total. The molecule has 2 nitrogen and oxygen atoms in total. The van der Waals surface area contributed by atoms with Gasteiger partial charge in [-0.05, 0) is 25.3 Å². The van der Waals surface area contributed by atoms with Gasteiger partial charge >= 0.3 is 0 Å². The van der Waals surface area contributed by atoms with Gasteiger partial charge in [-0.2, -0.15) is 0 Å². The van der Waals surface area contributed by atoms with Crippen molar-refractivity contribution in [3.63, 3.8) is 0 Å². The molecule has 2 aliphatic rings. The zero-order valence-corrected chi connectivity index (χ0v) is 10.8. The maximum atomic E-state index is 13.3. The number of halogens is 1. The van der Waals surface area contributed by atoms with E-state index >= 15 is 0 Å². The second-order valence-electron chi connectivity index (χ2n) is 6.05. The minimum Gasteiger partial charge on any atom is -0.487 e. The van der Waals surface area contributed by atoms with Crippen LogP contribution in [0.25, 0.3) is 0 Å². The van der Waals surface area contributed by atoms with Crippen molar-refractivity contribution in [2.75, 3.05) is 0 Å². The van der Waals surface area contributed by atoms with Crippen molar-refractivity contribution in [1.82, 2.24) is 0 Å². The Kier molecular flexibility index (Phi) is 2.81. The summed E-state index contributed by atoms with van der Waals surface area (Å²) in [7, 11) is 0. The molecule has 0 bridgehead atoms. The molecule has 1 aromatic rings. The molecule has 18 heavy (non-hydrogen) atoms. The van der Waals surface area contributed by atoms with Gasteiger partial charge in [-0.1, -0.05) is 25.3 Å². The number of hydrogen-bond donors (Lipinski definition) is 1. The second kappa shape index (κ2) is 4.23. The smallest absolute Gasteiger partial charge is 0.127 e. The van der Waals surface area contributed by atoms with Crippen LogP contribution in [0.3, 0.4) is 0 Å². The molecular formula is C15H20FNO. The Bertz CT molecular complexity index is 458. The van der Waals surface area contributed by atoms with Gasteiger partial charge in [0.2, 0.25) is 0 Å². The number of fused-ring (bicyclic) bond motifs is 1. The first-order valence-corrected chi connectivity index (χ1v) is 6.80. The lowest BCUT2D eigenvalue weighted by molar-refractivity contribution is 0.0168. The lowest BCUT2D eigenvalue weighted by Gasteiger charge is -2.42. The van der Waals surface area contributed by atoms with Gasteiger partial charge in [0, 0.05) is 24.1 Å². The molecule has 0 aromatic heterocycles. The summed E-state index contributed by atoms with van der Waals surface area (Å²) in [5.41, 5.74) is 6.91. The molecule has 3 heteroatoms. The summed E-state index contributed by atoms with van der Waals surface area (Å²) < 4.78 is 19.3. The van der Waals surface area contributed by atoms with E-state index in [1.54, 1.807) is 6.07 Å². The number of benzene rings is 1. The summed E-state index contributed by atoms with van der Waals surface area (Å²) in [6.45, 7) is 2.11. The zero-order chi connectivity index (χ0) is 12.8. The number of hydrogen-bond acceptors (Lipinski definition) is 2. The van der Waals surface area contributed by atoms with Gasteiger partial charge in [0.1, 0.15) is 17.2 Å². The van der Waals surface area contributed by atoms with E-state index in [1.165, 1.54) is 31.4 Å². The second-order valence-corrected chi connectivity index (χ2v) is 6.05. The lowest BCUT2D eigenvalue weighted by atomic mass is 9.74. The average Bonchev–Trinajstić information content (AvgIpc) is 2.23. The largest absolute Gasteiger partial charge is 0.487 e. The van der Waals surface area contributed by atoms with E-state index in [0.717, 1.165) is 24.3 Å². The van der Waals surface area contributed by atoms with Crippen LogP contribution in [-0.2, 0) is 0 Å². The number of ether oxygens (including phenoxy) is 1. The van der Waals surface area contributed by atoms with Gasteiger partial charge in [-0.15, -0.1) is 0 Å². The summed E-state index contributed by atoms with van der Waals surface area (Å²) in [4.78, 5) is 0. The first-order chi connectivity index (χ1) is 8.56. The summed E-state index contributed by atoms with van der Waals surface area (Å²) in [6.07, 6.45) is 5.78. The summed E-state index contributed by atoms with van der Waals surface area (Å²) >= 11 is 0. The maximum absolute atomic E-state index is 13.3. The van der Waals surface area contributed by atoms with Crippen LogP contribution in [0.15, 0.2) is 18.2 Å². The number of nitrogens with two attached hydrogens (primary N) is 1. The minimum atomic E-state index is -0.256. The van der Waals surface area contributed by atoms with Crippen molar-refractivity contribution in [2.24, 2.45) is 11.7 Å². The third-order valence-electron chi connectivity index (χ3n) is 4.33. The topological polar surface area (TPSA) is 35.2 Å². The maximum Gasteiger partial charge on any atom is 0.127 e. The van der Waals surface area contributed by atoms with E-state index in [0.29, 0.717) is 5.75 Å². The van der Waals surface area contributed by atoms with E-state index in [-0.39, 0.29) is 17.5 Å². The molecule has 1 unspecified atom stereocenters. The first kappa shape index (κ1) is 12.0. The SMILES string of the molecule is CC1(CC2CCC2)C[C@H](N)c2ccc(F)cc2O1. The number of rotatable bonds is 2. The molecule has 1 heterocycles. The van der Waals surface area contributed by atoms with Crippen LogP contribution in [-0.4, -0.2) is 5.60 Å². The van der Waals surface area contributed by atoms with Crippen LogP contribution in [0.5, 0.6) is 5.75 Å². The summed E-state index contributed by atoms with van der Waals surface area (Å²) in [5, 5.41) is 0. The third-order valence-corrected chi connectivity index (χ3v) is 4.33. The highest BCUT2D eigenvalue weighted by atomic mass is 19.1. The third kappa shape index (κ3) is 2.12. The van der Waals surface area contributed by atoms with Crippen LogP contribution < -0.4 is 10.5 Å². The molecule has 1 saturated carbocycles. The van der Waals surface area contributed by atoms with Gasteiger partial charge in [-0.25, -0.2) is 4.39 Å². The van der Waals surface area contributed by atoms with Gasteiger partial charge in [0.25, 0.3) is 0 Å². The van der Waals surface area contributed by atoms with Crippen molar-refractivity contribution in [1.29, 1.82) is 0 Å². The van der Waals surface area contributed by atoms with E-state index in [4.69, 9.17) is 10.5 Å². The molecule has 1 aromatic carbocycles. The quantitative estimate of drug-likeness (QED) is 0.869. The van der Waals surface area contributed by atoms with E-state index in [2.05, 4.69) is 6.92 Å². The summed E-state index contributed by atoms with van der Waals surface area (Å²) in [6, 6.07) is 4.63. The average molecular weight is 249 g/mol. The molecule has 1 aliphatic carbocycles. The fourth-order valence-corrected chi connectivity index (χ4v) is 3.22. The van der Waals surface area contributed by atoms with Crippen molar-refractivity contribution in [3.8, 4) is 5.75 Å². The monoisotopic (exact) mass is 249 g/mol. The van der Waals surface area contributed by atoms with Crippen LogP contribution >= 0.6 is 0 Å². The van der Waals surface area contributed by atoms with Crippen molar-refractivity contribution in [2.45, 2.75) is 50.7 Å². The molecular weight excluding hydrogens is 229 g/mol. The Hall–Kier alpha value is -1.09. The molecule has 0 amide bonds. The Morgan fingerprint density at radius 2 is 2.22 bits per heavy atom. The molecule has 0 radical (unpaired) electrons. The van der Waals surface area contributed by atoms with Crippen LogP contribution in [0, 0.1) is 11.7 Å². The predicted octanol–water partition coefficient (Wildman–Crippen LogP) is 3.56. The zero-order valence-electron chi connectivity index (χ0n) is 10.8. The van der Waals surface area contributed by atoms with Gasteiger partial charge in [0.05, 0.1) is 0 Å². The highest BCUT2D eigenvalue weighted by Gasteiger charge is 2.38. The minimum absolute atomic E-state index is 0.0422. The van der Waals surface area contributed by atoms with E-state index in [1.807, 2.05) is 0 Å².